The summed E-state index contributed by atoms with van der Waals surface area (Å²) in [5, 5.41) is 6.21. The van der Waals surface area contributed by atoms with Gasteiger partial charge in [0, 0.05) is 13.1 Å². The van der Waals surface area contributed by atoms with Gasteiger partial charge in [0.1, 0.15) is 12.0 Å². The van der Waals surface area contributed by atoms with Gasteiger partial charge in [-0.2, -0.15) is 0 Å². The van der Waals surface area contributed by atoms with Crippen molar-refractivity contribution in [2.75, 3.05) is 24.5 Å². The van der Waals surface area contributed by atoms with Crippen LogP contribution in [-0.4, -0.2) is 31.7 Å². The van der Waals surface area contributed by atoms with E-state index in [1.165, 1.54) is 6.07 Å². The molecule has 19 heavy (non-hydrogen) atoms. The van der Waals surface area contributed by atoms with E-state index in [9.17, 15) is 9.18 Å². The molecule has 2 N–H and O–H groups in total. The average molecular weight is 263 g/mol. The predicted octanol–water partition coefficient (Wildman–Crippen LogP) is 1.26. The Morgan fingerprint density at radius 3 is 3.05 bits per heavy atom. The highest BCUT2D eigenvalue weighted by Crippen LogP contribution is 2.31. The van der Waals surface area contributed by atoms with Gasteiger partial charge in [0.2, 0.25) is 0 Å². The van der Waals surface area contributed by atoms with E-state index in [2.05, 4.69) is 15.5 Å². The summed E-state index contributed by atoms with van der Waals surface area (Å²) in [4.78, 5) is 14.2. The Morgan fingerprint density at radius 2 is 2.26 bits per heavy atom. The van der Waals surface area contributed by atoms with Crippen molar-refractivity contribution in [2.45, 2.75) is 25.9 Å². The molecule has 2 heterocycles. The SMILES string of the molecule is CCc1cc(F)c2c(c1)N1CCNCC[C@@H]1NC2=O. The molecule has 2 aliphatic rings. The monoisotopic (exact) mass is 263 g/mol. The van der Waals surface area contributed by atoms with Crippen molar-refractivity contribution in [3.05, 3.63) is 29.1 Å². The number of nitrogens with one attached hydrogen (secondary N) is 2. The fraction of sp³-hybridized carbons (Fsp3) is 0.500. The van der Waals surface area contributed by atoms with Gasteiger partial charge in [-0.15, -0.1) is 0 Å². The van der Waals surface area contributed by atoms with Crippen LogP contribution >= 0.6 is 0 Å². The third-order valence-electron chi connectivity index (χ3n) is 3.87. The number of aryl methyl sites for hydroxylation is 1. The zero-order chi connectivity index (χ0) is 13.4. The van der Waals surface area contributed by atoms with E-state index in [0.717, 1.165) is 43.7 Å². The second-order valence-corrected chi connectivity index (χ2v) is 5.05. The summed E-state index contributed by atoms with van der Waals surface area (Å²) in [6, 6.07) is 3.42. The molecule has 0 aliphatic carbocycles. The number of carbonyl (C=O) groups is 1. The predicted molar refractivity (Wildman–Crippen MR) is 71.9 cm³/mol. The third-order valence-corrected chi connectivity index (χ3v) is 3.87. The molecule has 0 spiro atoms. The first-order chi connectivity index (χ1) is 9.20. The van der Waals surface area contributed by atoms with Crippen molar-refractivity contribution >= 4 is 11.6 Å². The molecule has 1 aromatic rings. The number of nitrogens with zero attached hydrogens (tertiary/aromatic N) is 1. The Bertz CT molecular complexity index is 518. The number of hydrogen-bond acceptors (Lipinski definition) is 3. The Kier molecular flexibility index (Phi) is 3.14. The van der Waals surface area contributed by atoms with Gasteiger partial charge in [-0.05, 0) is 37.1 Å². The number of hydrogen-bond donors (Lipinski definition) is 2. The summed E-state index contributed by atoms with van der Waals surface area (Å²) in [5.41, 5.74) is 1.87. The molecular formula is C14H18FN3O. The van der Waals surface area contributed by atoms with Crippen LogP contribution in [0.15, 0.2) is 12.1 Å². The van der Waals surface area contributed by atoms with Crippen LogP contribution in [0, 0.1) is 5.82 Å². The van der Waals surface area contributed by atoms with E-state index in [-0.39, 0.29) is 17.6 Å². The second kappa shape index (κ2) is 4.81. The van der Waals surface area contributed by atoms with E-state index < -0.39 is 5.82 Å². The standard InChI is InChI=1S/C14H18FN3O/c1-2-9-7-10(15)13-11(8-9)18-6-5-16-4-3-12(18)17-14(13)19/h7-8,12,16H,2-6H2,1H3,(H,17,19)/t12-/m1/s1. The molecule has 0 aromatic heterocycles. The van der Waals surface area contributed by atoms with Crippen LogP contribution in [0.2, 0.25) is 0 Å². The van der Waals surface area contributed by atoms with Crippen LogP contribution in [0.3, 0.4) is 0 Å². The van der Waals surface area contributed by atoms with Crippen molar-refractivity contribution in [1.29, 1.82) is 0 Å². The van der Waals surface area contributed by atoms with Gasteiger partial charge in [0.15, 0.2) is 0 Å². The molecule has 0 saturated carbocycles. The lowest BCUT2D eigenvalue weighted by Crippen LogP contribution is -2.53. The third kappa shape index (κ3) is 2.08. The van der Waals surface area contributed by atoms with Gasteiger partial charge in [-0.25, -0.2) is 4.39 Å². The average Bonchev–Trinajstić information content (AvgIpc) is 2.63. The van der Waals surface area contributed by atoms with Crippen LogP contribution in [0.25, 0.3) is 0 Å². The van der Waals surface area contributed by atoms with Gasteiger partial charge in [-0.3, -0.25) is 4.79 Å². The molecule has 0 unspecified atom stereocenters. The lowest BCUT2D eigenvalue weighted by atomic mass is 10.0. The molecule has 5 heteroatoms. The molecular weight excluding hydrogens is 245 g/mol. The summed E-state index contributed by atoms with van der Waals surface area (Å²) >= 11 is 0. The van der Waals surface area contributed by atoms with Crippen LogP contribution < -0.4 is 15.5 Å². The van der Waals surface area contributed by atoms with Gasteiger partial charge < -0.3 is 15.5 Å². The minimum Gasteiger partial charge on any atom is -0.349 e. The van der Waals surface area contributed by atoms with Crippen LogP contribution in [0.5, 0.6) is 0 Å². The van der Waals surface area contributed by atoms with Gasteiger partial charge in [-0.1, -0.05) is 6.92 Å². The normalized spacial score (nSPS) is 22.3. The Morgan fingerprint density at radius 1 is 1.42 bits per heavy atom. The smallest absolute Gasteiger partial charge is 0.257 e. The lowest BCUT2D eigenvalue weighted by Gasteiger charge is -2.38. The number of carbonyl (C=O) groups excluding carboxylic acids is 1. The maximum absolute atomic E-state index is 14.1. The number of fused-ring (bicyclic) bond motifs is 3. The van der Waals surface area contributed by atoms with Crippen molar-refractivity contribution < 1.29 is 9.18 Å². The Hall–Kier alpha value is -1.62. The quantitative estimate of drug-likeness (QED) is 0.801. The summed E-state index contributed by atoms with van der Waals surface area (Å²) in [6.45, 7) is 4.49. The zero-order valence-electron chi connectivity index (χ0n) is 11.0. The van der Waals surface area contributed by atoms with E-state index in [0.29, 0.717) is 0 Å². The number of rotatable bonds is 1. The highest BCUT2D eigenvalue weighted by Gasteiger charge is 2.33. The zero-order valence-corrected chi connectivity index (χ0v) is 11.0. The molecule has 1 saturated heterocycles. The largest absolute Gasteiger partial charge is 0.349 e. The molecule has 0 radical (unpaired) electrons. The summed E-state index contributed by atoms with van der Waals surface area (Å²) in [5.74, 6) is -0.708. The minimum atomic E-state index is -0.414. The highest BCUT2D eigenvalue weighted by atomic mass is 19.1. The number of benzene rings is 1. The maximum atomic E-state index is 14.1. The minimum absolute atomic E-state index is 0.0264. The highest BCUT2D eigenvalue weighted by molar-refractivity contribution is 6.02. The molecule has 1 amide bonds. The van der Waals surface area contributed by atoms with Crippen molar-refractivity contribution in [2.24, 2.45) is 0 Å². The number of anilines is 1. The summed E-state index contributed by atoms with van der Waals surface area (Å²) < 4.78 is 14.1. The van der Waals surface area contributed by atoms with Crippen LogP contribution in [0.4, 0.5) is 10.1 Å². The van der Waals surface area contributed by atoms with Crippen molar-refractivity contribution in [3.63, 3.8) is 0 Å². The first kappa shape index (κ1) is 12.4. The molecule has 4 nitrogen and oxygen atoms in total. The van der Waals surface area contributed by atoms with E-state index in [1.54, 1.807) is 0 Å². The first-order valence-electron chi connectivity index (χ1n) is 6.81. The second-order valence-electron chi connectivity index (χ2n) is 5.05. The van der Waals surface area contributed by atoms with Crippen LogP contribution in [-0.2, 0) is 6.42 Å². The molecule has 3 rings (SSSR count). The maximum Gasteiger partial charge on any atom is 0.257 e. The van der Waals surface area contributed by atoms with Gasteiger partial charge in [0.05, 0.1) is 11.3 Å². The first-order valence-corrected chi connectivity index (χ1v) is 6.81. The molecule has 2 aliphatic heterocycles. The number of halogens is 1. The Labute approximate surface area is 112 Å². The molecule has 1 atom stereocenters. The summed E-state index contributed by atoms with van der Waals surface area (Å²) in [7, 11) is 0. The molecule has 0 bridgehead atoms. The number of amides is 1. The van der Waals surface area contributed by atoms with E-state index in [1.807, 2.05) is 13.0 Å². The topological polar surface area (TPSA) is 44.4 Å². The fourth-order valence-corrected chi connectivity index (χ4v) is 2.84. The molecule has 1 aromatic carbocycles. The Balaban J connectivity index is 2.11. The molecule has 102 valence electrons. The van der Waals surface area contributed by atoms with E-state index >= 15 is 0 Å². The van der Waals surface area contributed by atoms with Gasteiger partial charge >= 0.3 is 0 Å². The molecule has 1 fully saturated rings. The van der Waals surface area contributed by atoms with Crippen molar-refractivity contribution in [1.82, 2.24) is 10.6 Å². The summed E-state index contributed by atoms with van der Waals surface area (Å²) in [6.07, 6.45) is 1.58. The fourth-order valence-electron chi connectivity index (χ4n) is 2.84. The lowest BCUT2D eigenvalue weighted by molar-refractivity contribution is 0.0922. The van der Waals surface area contributed by atoms with Crippen molar-refractivity contribution in [3.8, 4) is 0 Å². The van der Waals surface area contributed by atoms with Gasteiger partial charge in [0.25, 0.3) is 5.91 Å². The van der Waals surface area contributed by atoms with Crippen LogP contribution in [0.1, 0.15) is 29.3 Å². The van der Waals surface area contributed by atoms with E-state index in [4.69, 9.17) is 0 Å².